The highest BCUT2D eigenvalue weighted by Gasteiger charge is 2.17. The number of halogens is 1. The van der Waals surface area contributed by atoms with E-state index in [0.717, 1.165) is 17.5 Å². The van der Waals surface area contributed by atoms with Crippen LogP contribution in [0.2, 0.25) is 0 Å². The fourth-order valence-corrected chi connectivity index (χ4v) is 3.18. The first-order valence-electron chi connectivity index (χ1n) is 7.58. The van der Waals surface area contributed by atoms with Gasteiger partial charge in [0.05, 0.1) is 6.10 Å². The molecule has 0 spiro atoms. The zero-order chi connectivity index (χ0) is 13.7. The molecule has 1 N–H and O–H groups in total. The molecule has 2 heteroatoms. The Morgan fingerprint density at radius 1 is 1.21 bits per heavy atom. The van der Waals surface area contributed by atoms with Crippen molar-refractivity contribution in [3.05, 3.63) is 35.1 Å². The van der Waals surface area contributed by atoms with Gasteiger partial charge in [-0.1, -0.05) is 44.6 Å². The SMILES string of the molecule is Cc1ccc(F)cc1CC(O)CC1CCCCCC1. The molecule has 1 atom stereocenters. The molecule has 19 heavy (non-hydrogen) atoms. The molecule has 1 aromatic carbocycles. The normalized spacial score (nSPS) is 19.1. The average molecular weight is 264 g/mol. The highest BCUT2D eigenvalue weighted by Crippen LogP contribution is 2.27. The molecule has 1 fully saturated rings. The second-order valence-electron chi connectivity index (χ2n) is 6.02. The van der Waals surface area contributed by atoms with Crippen LogP contribution in [0.25, 0.3) is 0 Å². The number of rotatable bonds is 4. The lowest BCUT2D eigenvalue weighted by molar-refractivity contribution is 0.137. The van der Waals surface area contributed by atoms with Crippen molar-refractivity contribution >= 4 is 0 Å². The van der Waals surface area contributed by atoms with Gasteiger partial charge in [0.2, 0.25) is 0 Å². The molecular weight excluding hydrogens is 239 g/mol. The Hall–Kier alpha value is -0.890. The van der Waals surface area contributed by atoms with E-state index in [1.54, 1.807) is 12.1 Å². The topological polar surface area (TPSA) is 20.2 Å². The van der Waals surface area contributed by atoms with Crippen molar-refractivity contribution in [3.63, 3.8) is 0 Å². The Kier molecular flexibility index (Phi) is 5.38. The number of hydrogen-bond donors (Lipinski definition) is 1. The first kappa shape index (κ1) is 14.5. The van der Waals surface area contributed by atoms with Crippen LogP contribution in [-0.4, -0.2) is 11.2 Å². The Balaban J connectivity index is 1.89. The Morgan fingerprint density at radius 2 is 1.89 bits per heavy atom. The van der Waals surface area contributed by atoms with E-state index in [0.29, 0.717) is 12.3 Å². The van der Waals surface area contributed by atoms with Crippen LogP contribution in [0.1, 0.15) is 56.1 Å². The van der Waals surface area contributed by atoms with Crippen LogP contribution in [0.15, 0.2) is 18.2 Å². The minimum absolute atomic E-state index is 0.206. The molecule has 1 aromatic rings. The van der Waals surface area contributed by atoms with Crippen LogP contribution >= 0.6 is 0 Å². The van der Waals surface area contributed by atoms with E-state index in [2.05, 4.69) is 0 Å². The summed E-state index contributed by atoms with van der Waals surface area (Å²) < 4.78 is 13.2. The third kappa shape index (κ3) is 4.61. The summed E-state index contributed by atoms with van der Waals surface area (Å²) in [6.07, 6.45) is 8.91. The first-order valence-corrected chi connectivity index (χ1v) is 7.58. The molecule has 0 aromatic heterocycles. The standard InChI is InChI=1S/C17H25FO/c1-13-8-9-16(18)11-15(13)12-17(19)10-14-6-4-2-3-5-7-14/h8-9,11,14,17,19H,2-7,10,12H2,1H3. The Labute approximate surface area is 115 Å². The summed E-state index contributed by atoms with van der Waals surface area (Å²) >= 11 is 0. The maximum atomic E-state index is 13.2. The van der Waals surface area contributed by atoms with Gasteiger partial charge in [-0.3, -0.25) is 0 Å². The minimum Gasteiger partial charge on any atom is -0.393 e. The van der Waals surface area contributed by atoms with Gasteiger partial charge >= 0.3 is 0 Å². The summed E-state index contributed by atoms with van der Waals surface area (Å²) in [5.41, 5.74) is 2.02. The zero-order valence-corrected chi connectivity index (χ0v) is 11.9. The van der Waals surface area contributed by atoms with Crippen LogP contribution in [0.4, 0.5) is 4.39 Å². The van der Waals surface area contributed by atoms with E-state index in [1.807, 2.05) is 6.92 Å². The molecule has 1 saturated carbocycles. The summed E-state index contributed by atoms with van der Waals surface area (Å²) in [6.45, 7) is 1.98. The third-order valence-corrected chi connectivity index (χ3v) is 4.35. The number of aryl methyl sites for hydroxylation is 1. The molecule has 0 aliphatic heterocycles. The maximum absolute atomic E-state index is 13.2. The molecule has 1 aliphatic rings. The van der Waals surface area contributed by atoms with E-state index in [-0.39, 0.29) is 11.9 Å². The molecule has 1 aliphatic carbocycles. The van der Waals surface area contributed by atoms with Crippen molar-refractivity contribution in [1.29, 1.82) is 0 Å². The van der Waals surface area contributed by atoms with Gasteiger partial charge in [0.1, 0.15) is 5.82 Å². The van der Waals surface area contributed by atoms with Crippen molar-refractivity contribution < 1.29 is 9.50 Å². The summed E-state index contributed by atoms with van der Waals surface area (Å²) in [6, 6.07) is 4.84. The van der Waals surface area contributed by atoms with E-state index in [9.17, 15) is 9.50 Å². The number of aliphatic hydroxyl groups is 1. The fourth-order valence-electron chi connectivity index (χ4n) is 3.18. The molecular formula is C17H25FO. The predicted molar refractivity (Wildman–Crippen MR) is 76.7 cm³/mol. The first-order chi connectivity index (χ1) is 9.15. The van der Waals surface area contributed by atoms with E-state index < -0.39 is 0 Å². The maximum Gasteiger partial charge on any atom is 0.123 e. The number of benzene rings is 1. The lowest BCUT2D eigenvalue weighted by atomic mass is 9.90. The quantitative estimate of drug-likeness (QED) is 0.799. The molecule has 0 bridgehead atoms. The number of hydrogen-bond acceptors (Lipinski definition) is 1. The molecule has 1 nitrogen and oxygen atoms in total. The Bertz CT molecular complexity index is 394. The van der Waals surface area contributed by atoms with Crippen LogP contribution in [0.5, 0.6) is 0 Å². The fraction of sp³-hybridized carbons (Fsp3) is 0.647. The molecule has 1 unspecified atom stereocenters. The van der Waals surface area contributed by atoms with Crippen molar-refractivity contribution in [2.75, 3.05) is 0 Å². The van der Waals surface area contributed by atoms with Gasteiger partial charge in [0, 0.05) is 0 Å². The molecule has 106 valence electrons. The summed E-state index contributed by atoms with van der Waals surface area (Å²) in [4.78, 5) is 0. The van der Waals surface area contributed by atoms with Gasteiger partial charge in [-0.25, -0.2) is 4.39 Å². The number of aliphatic hydroxyl groups excluding tert-OH is 1. The molecule has 0 saturated heterocycles. The van der Waals surface area contributed by atoms with Crippen LogP contribution in [0.3, 0.4) is 0 Å². The lowest BCUT2D eigenvalue weighted by Crippen LogP contribution is -2.16. The van der Waals surface area contributed by atoms with Gasteiger partial charge in [-0.2, -0.15) is 0 Å². The molecule has 2 rings (SSSR count). The molecule has 0 amide bonds. The van der Waals surface area contributed by atoms with Gasteiger partial charge in [0.15, 0.2) is 0 Å². The minimum atomic E-state index is -0.330. The molecule has 0 heterocycles. The van der Waals surface area contributed by atoms with Crippen molar-refractivity contribution in [3.8, 4) is 0 Å². The molecule has 0 radical (unpaired) electrons. The summed E-state index contributed by atoms with van der Waals surface area (Å²) in [7, 11) is 0. The van der Waals surface area contributed by atoms with Crippen LogP contribution in [0, 0.1) is 18.7 Å². The van der Waals surface area contributed by atoms with E-state index >= 15 is 0 Å². The lowest BCUT2D eigenvalue weighted by Gasteiger charge is -2.19. The van der Waals surface area contributed by atoms with Gasteiger partial charge in [0.25, 0.3) is 0 Å². The van der Waals surface area contributed by atoms with Gasteiger partial charge in [-0.05, 0) is 48.9 Å². The van der Waals surface area contributed by atoms with Crippen LogP contribution in [-0.2, 0) is 6.42 Å². The van der Waals surface area contributed by atoms with E-state index in [4.69, 9.17) is 0 Å². The summed E-state index contributed by atoms with van der Waals surface area (Å²) in [5, 5.41) is 10.2. The third-order valence-electron chi connectivity index (χ3n) is 4.35. The van der Waals surface area contributed by atoms with Gasteiger partial charge < -0.3 is 5.11 Å². The monoisotopic (exact) mass is 264 g/mol. The van der Waals surface area contributed by atoms with Crippen molar-refractivity contribution in [1.82, 2.24) is 0 Å². The Morgan fingerprint density at radius 3 is 2.58 bits per heavy atom. The van der Waals surface area contributed by atoms with E-state index in [1.165, 1.54) is 44.6 Å². The largest absolute Gasteiger partial charge is 0.393 e. The average Bonchev–Trinajstić information content (AvgIpc) is 2.62. The summed E-state index contributed by atoms with van der Waals surface area (Å²) in [5.74, 6) is 0.452. The smallest absolute Gasteiger partial charge is 0.123 e. The second-order valence-corrected chi connectivity index (χ2v) is 6.02. The predicted octanol–water partition coefficient (Wildman–Crippen LogP) is 4.40. The van der Waals surface area contributed by atoms with Crippen molar-refractivity contribution in [2.24, 2.45) is 5.92 Å². The second kappa shape index (κ2) is 7.04. The van der Waals surface area contributed by atoms with Gasteiger partial charge in [-0.15, -0.1) is 0 Å². The highest BCUT2D eigenvalue weighted by atomic mass is 19.1. The highest BCUT2D eigenvalue weighted by molar-refractivity contribution is 5.27. The van der Waals surface area contributed by atoms with Crippen molar-refractivity contribution in [2.45, 2.75) is 64.4 Å². The zero-order valence-electron chi connectivity index (χ0n) is 11.9. The van der Waals surface area contributed by atoms with Crippen LogP contribution < -0.4 is 0 Å².